The van der Waals surface area contributed by atoms with E-state index < -0.39 is 5.82 Å². The first-order chi connectivity index (χ1) is 10.2. The van der Waals surface area contributed by atoms with Crippen LogP contribution in [0.4, 0.5) is 4.39 Å². The van der Waals surface area contributed by atoms with Crippen molar-refractivity contribution in [1.82, 2.24) is 15.3 Å². The van der Waals surface area contributed by atoms with Crippen molar-refractivity contribution in [1.29, 1.82) is 0 Å². The molecule has 2 rings (SSSR count). The summed E-state index contributed by atoms with van der Waals surface area (Å²) >= 11 is 0. The zero-order valence-corrected chi connectivity index (χ0v) is 12.6. The zero-order chi connectivity index (χ0) is 15.2. The molecule has 0 radical (unpaired) electrons. The molecule has 0 amide bonds. The van der Waals surface area contributed by atoms with Gasteiger partial charge in [-0.15, -0.1) is 0 Å². The maximum absolute atomic E-state index is 14.3. The summed E-state index contributed by atoms with van der Waals surface area (Å²) < 4.78 is 20.0. The van der Waals surface area contributed by atoms with E-state index in [1.165, 1.54) is 0 Å². The van der Waals surface area contributed by atoms with Crippen molar-refractivity contribution in [3.63, 3.8) is 0 Å². The van der Waals surface area contributed by atoms with Crippen LogP contribution in [0.2, 0.25) is 0 Å². The number of aryl methyl sites for hydroxylation is 2. The number of rotatable bonds is 6. The van der Waals surface area contributed by atoms with Gasteiger partial charge in [0.25, 0.3) is 5.88 Å². The van der Waals surface area contributed by atoms with Crippen LogP contribution in [-0.2, 0) is 13.0 Å². The van der Waals surface area contributed by atoms with E-state index in [1.807, 2.05) is 26.8 Å². The Morgan fingerprint density at radius 1 is 1.24 bits per heavy atom. The van der Waals surface area contributed by atoms with E-state index in [0.29, 0.717) is 17.9 Å². The van der Waals surface area contributed by atoms with Crippen LogP contribution in [0.25, 0.3) is 0 Å². The predicted molar refractivity (Wildman–Crippen MR) is 80.0 cm³/mol. The second-order valence-corrected chi connectivity index (χ2v) is 4.72. The van der Waals surface area contributed by atoms with E-state index in [-0.39, 0.29) is 5.88 Å². The summed E-state index contributed by atoms with van der Waals surface area (Å²) in [5, 5.41) is 3.09. The monoisotopic (exact) mass is 289 g/mol. The molecule has 0 spiro atoms. The third-order valence-electron chi connectivity index (χ3n) is 3.12. The number of nitrogens with zero attached hydrogens (tertiary/aromatic N) is 2. The van der Waals surface area contributed by atoms with Gasteiger partial charge in [-0.2, -0.15) is 0 Å². The highest BCUT2D eigenvalue weighted by atomic mass is 19.1. The lowest BCUT2D eigenvalue weighted by Gasteiger charge is -2.11. The van der Waals surface area contributed by atoms with Crippen molar-refractivity contribution in [2.75, 3.05) is 6.54 Å². The Morgan fingerprint density at radius 2 is 2.05 bits per heavy atom. The van der Waals surface area contributed by atoms with Crippen molar-refractivity contribution in [2.24, 2.45) is 0 Å². The molecule has 0 aliphatic heterocycles. The zero-order valence-electron chi connectivity index (χ0n) is 12.6. The third-order valence-corrected chi connectivity index (χ3v) is 3.12. The van der Waals surface area contributed by atoms with Crippen LogP contribution in [0, 0.1) is 12.7 Å². The van der Waals surface area contributed by atoms with Gasteiger partial charge in [0.15, 0.2) is 11.6 Å². The SMILES string of the molecule is CCNCc1ccnc(Oc2ccc(C)nc2CC)c1F. The van der Waals surface area contributed by atoms with Crippen molar-refractivity contribution >= 4 is 0 Å². The Labute approximate surface area is 124 Å². The lowest BCUT2D eigenvalue weighted by atomic mass is 10.2. The molecule has 2 heterocycles. The Morgan fingerprint density at radius 3 is 2.76 bits per heavy atom. The fourth-order valence-electron chi connectivity index (χ4n) is 1.98. The molecular weight excluding hydrogens is 269 g/mol. The molecule has 0 saturated heterocycles. The molecule has 4 nitrogen and oxygen atoms in total. The fourth-order valence-corrected chi connectivity index (χ4v) is 1.98. The molecule has 112 valence electrons. The third kappa shape index (κ3) is 3.76. The van der Waals surface area contributed by atoms with Gasteiger partial charge >= 0.3 is 0 Å². The Balaban J connectivity index is 2.27. The van der Waals surface area contributed by atoms with Crippen molar-refractivity contribution in [3.8, 4) is 11.6 Å². The van der Waals surface area contributed by atoms with E-state index in [0.717, 1.165) is 24.4 Å². The van der Waals surface area contributed by atoms with Gasteiger partial charge in [-0.25, -0.2) is 9.37 Å². The summed E-state index contributed by atoms with van der Waals surface area (Å²) in [7, 11) is 0. The Bertz CT molecular complexity index is 616. The number of ether oxygens (including phenoxy) is 1. The molecule has 0 unspecified atom stereocenters. The Kier molecular flexibility index (Phi) is 5.22. The minimum Gasteiger partial charge on any atom is -0.435 e. The highest BCUT2D eigenvalue weighted by molar-refractivity contribution is 5.34. The van der Waals surface area contributed by atoms with Gasteiger partial charge in [0.1, 0.15) is 0 Å². The summed E-state index contributed by atoms with van der Waals surface area (Å²) in [5.74, 6) is 0.113. The van der Waals surface area contributed by atoms with Crippen LogP contribution in [0.3, 0.4) is 0 Å². The highest BCUT2D eigenvalue weighted by Gasteiger charge is 2.13. The molecule has 0 bridgehead atoms. The Hall–Kier alpha value is -2.01. The van der Waals surface area contributed by atoms with Crippen LogP contribution in [-0.4, -0.2) is 16.5 Å². The number of hydrogen-bond donors (Lipinski definition) is 1. The first-order valence-corrected chi connectivity index (χ1v) is 7.14. The quantitative estimate of drug-likeness (QED) is 0.885. The topological polar surface area (TPSA) is 47.0 Å². The summed E-state index contributed by atoms with van der Waals surface area (Å²) in [5.41, 5.74) is 2.25. The fraction of sp³-hybridized carbons (Fsp3) is 0.375. The highest BCUT2D eigenvalue weighted by Crippen LogP contribution is 2.26. The lowest BCUT2D eigenvalue weighted by molar-refractivity contribution is 0.411. The molecule has 0 saturated carbocycles. The van der Waals surface area contributed by atoms with Crippen molar-refractivity contribution in [2.45, 2.75) is 33.7 Å². The molecule has 0 aromatic carbocycles. The summed E-state index contributed by atoms with van der Waals surface area (Å²) in [4.78, 5) is 8.39. The number of nitrogens with one attached hydrogen (secondary N) is 1. The molecule has 2 aromatic heterocycles. The molecule has 0 fully saturated rings. The number of halogens is 1. The van der Waals surface area contributed by atoms with Gasteiger partial charge < -0.3 is 10.1 Å². The van der Waals surface area contributed by atoms with Gasteiger partial charge in [-0.1, -0.05) is 13.8 Å². The van der Waals surface area contributed by atoms with Crippen LogP contribution in [0.15, 0.2) is 24.4 Å². The van der Waals surface area contributed by atoms with Crippen LogP contribution >= 0.6 is 0 Å². The first kappa shape index (κ1) is 15.4. The van der Waals surface area contributed by atoms with Gasteiger partial charge in [-0.05, 0) is 38.1 Å². The van der Waals surface area contributed by atoms with E-state index in [9.17, 15) is 4.39 Å². The normalized spacial score (nSPS) is 10.7. The maximum atomic E-state index is 14.3. The second kappa shape index (κ2) is 7.13. The average Bonchev–Trinajstić information content (AvgIpc) is 2.49. The smallest absolute Gasteiger partial charge is 0.256 e. The number of pyridine rings is 2. The molecular formula is C16H20FN3O. The maximum Gasteiger partial charge on any atom is 0.256 e. The largest absolute Gasteiger partial charge is 0.435 e. The molecule has 0 aliphatic carbocycles. The van der Waals surface area contributed by atoms with Crippen LogP contribution < -0.4 is 10.1 Å². The average molecular weight is 289 g/mol. The molecule has 2 aromatic rings. The van der Waals surface area contributed by atoms with E-state index >= 15 is 0 Å². The molecule has 21 heavy (non-hydrogen) atoms. The summed E-state index contributed by atoms with van der Waals surface area (Å²) in [6.07, 6.45) is 2.27. The lowest BCUT2D eigenvalue weighted by Crippen LogP contribution is -2.13. The standard InChI is InChI=1S/C16H20FN3O/c1-4-13-14(7-6-11(3)20-13)21-16-15(17)12(8-9-19-16)10-18-5-2/h6-9,18H,4-5,10H2,1-3H3. The van der Waals surface area contributed by atoms with Gasteiger partial charge in [0, 0.05) is 24.0 Å². The predicted octanol–water partition coefficient (Wildman–Crippen LogP) is 3.39. The minimum atomic E-state index is -0.430. The summed E-state index contributed by atoms with van der Waals surface area (Å²) in [6, 6.07) is 5.30. The van der Waals surface area contributed by atoms with Crippen LogP contribution in [0.5, 0.6) is 11.6 Å². The van der Waals surface area contributed by atoms with Gasteiger partial charge in [0.05, 0.1) is 5.69 Å². The number of hydrogen-bond acceptors (Lipinski definition) is 4. The van der Waals surface area contributed by atoms with Gasteiger partial charge in [-0.3, -0.25) is 4.98 Å². The molecule has 1 N–H and O–H groups in total. The molecule has 0 atom stereocenters. The number of aromatic nitrogens is 2. The van der Waals surface area contributed by atoms with Crippen molar-refractivity contribution < 1.29 is 9.13 Å². The summed E-state index contributed by atoms with van der Waals surface area (Å²) in [6.45, 7) is 7.11. The molecule has 5 heteroatoms. The van der Waals surface area contributed by atoms with E-state index in [2.05, 4.69) is 15.3 Å². The van der Waals surface area contributed by atoms with E-state index in [1.54, 1.807) is 18.3 Å². The second-order valence-electron chi connectivity index (χ2n) is 4.72. The minimum absolute atomic E-state index is 0.00856. The first-order valence-electron chi connectivity index (χ1n) is 7.14. The van der Waals surface area contributed by atoms with E-state index in [4.69, 9.17) is 4.74 Å². The van der Waals surface area contributed by atoms with Crippen molar-refractivity contribution in [3.05, 3.63) is 47.2 Å². The van der Waals surface area contributed by atoms with Gasteiger partial charge in [0.2, 0.25) is 0 Å². The molecule has 0 aliphatic rings. The van der Waals surface area contributed by atoms with Crippen LogP contribution in [0.1, 0.15) is 30.8 Å².